The SMILES string of the molecule is CCOC(=O)NC(=O)CN1CCN(S(=O)(=O)c2ccc([C@@H](C)CC)cc2)CC1. The molecular formula is C19H29N3O5S. The number of imide groups is 1. The molecule has 0 bridgehead atoms. The minimum absolute atomic E-state index is 0.0241. The van der Waals surface area contributed by atoms with Crippen LogP contribution in [0.15, 0.2) is 29.2 Å². The molecule has 0 saturated carbocycles. The molecule has 1 fully saturated rings. The van der Waals surface area contributed by atoms with E-state index in [9.17, 15) is 18.0 Å². The van der Waals surface area contributed by atoms with Crippen LogP contribution < -0.4 is 5.32 Å². The Morgan fingerprint density at radius 2 is 1.71 bits per heavy atom. The molecule has 0 unspecified atom stereocenters. The molecule has 9 heteroatoms. The van der Waals surface area contributed by atoms with Gasteiger partial charge in [0.1, 0.15) is 0 Å². The Balaban J connectivity index is 1.91. The highest BCUT2D eigenvalue weighted by Crippen LogP contribution is 2.23. The van der Waals surface area contributed by atoms with Crippen LogP contribution in [-0.2, 0) is 19.6 Å². The first kappa shape index (κ1) is 22.3. The van der Waals surface area contributed by atoms with Crippen molar-refractivity contribution in [2.45, 2.75) is 38.0 Å². The second kappa shape index (κ2) is 9.99. The third-order valence-corrected chi connectivity index (χ3v) is 6.83. The molecule has 8 nitrogen and oxygen atoms in total. The molecule has 1 N–H and O–H groups in total. The second-order valence-electron chi connectivity index (χ2n) is 6.83. The quantitative estimate of drug-likeness (QED) is 0.735. The van der Waals surface area contributed by atoms with Crippen molar-refractivity contribution in [2.75, 3.05) is 39.3 Å². The van der Waals surface area contributed by atoms with Gasteiger partial charge in [-0.15, -0.1) is 0 Å². The van der Waals surface area contributed by atoms with Crippen molar-refractivity contribution in [1.29, 1.82) is 0 Å². The Kier molecular flexibility index (Phi) is 7.97. The van der Waals surface area contributed by atoms with Gasteiger partial charge in [-0.1, -0.05) is 26.0 Å². The van der Waals surface area contributed by atoms with Gasteiger partial charge in [0, 0.05) is 26.2 Å². The number of carbonyl (C=O) groups excluding carboxylic acids is 2. The molecule has 2 amide bonds. The summed E-state index contributed by atoms with van der Waals surface area (Å²) in [6.07, 6.45) is 0.229. The molecule has 0 spiro atoms. The molecule has 28 heavy (non-hydrogen) atoms. The Bertz CT molecular complexity index is 771. The Labute approximate surface area is 166 Å². The largest absolute Gasteiger partial charge is 0.450 e. The number of carbonyl (C=O) groups is 2. The number of amides is 2. The van der Waals surface area contributed by atoms with Crippen LogP contribution in [0.1, 0.15) is 38.7 Å². The van der Waals surface area contributed by atoms with Crippen LogP contribution in [0.2, 0.25) is 0 Å². The van der Waals surface area contributed by atoms with Crippen LogP contribution in [-0.4, -0.2) is 69.0 Å². The molecule has 1 saturated heterocycles. The fourth-order valence-electron chi connectivity index (χ4n) is 3.00. The van der Waals surface area contributed by atoms with Crippen molar-refractivity contribution in [1.82, 2.24) is 14.5 Å². The maximum Gasteiger partial charge on any atom is 0.413 e. The average Bonchev–Trinajstić information content (AvgIpc) is 2.68. The first-order valence-corrected chi connectivity index (χ1v) is 11.0. The zero-order chi connectivity index (χ0) is 20.7. The summed E-state index contributed by atoms with van der Waals surface area (Å²) in [5, 5.41) is 2.14. The maximum atomic E-state index is 12.9. The molecule has 1 aromatic carbocycles. The standard InChI is InChI=1S/C19H29N3O5S/c1-4-15(3)16-6-8-17(9-7-16)28(25,26)22-12-10-21(11-13-22)14-18(23)20-19(24)27-5-2/h6-9,15H,4-5,10-14H2,1-3H3,(H,20,23,24)/t15-/m0/s1. The van der Waals surface area contributed by atoms with Gasteiger partial charge in [-0.25, -0.2) is 13.2 Å². The molecular weight excluding hydrogens is 382 g/mol. The van der Waals surface area contributed by atoms with E-state index >= 15 is 0 Å². The van der Waals surface area contributed by atoms with Crippen LogP contribution in [0.25, 0.3) is 0 Å². The fourth-order valence-corrected chi connectivity index (χ4v) is 4.43. The lowest BCUT2D eigenvalue weighted by atomic mass is 9.99. The van der Waals surface area contributed by atoms with E-state index < -0.39 is 22.0 Å². The first-order valence-electron chi connectivity index (χ1n) is 9.57. The lowest BCUT2D eigenvalue weighted by Crippen LogP contribution is -2.51. The van der Waals surface area contributed by atoms with Gasteiger partial charge >= 0.3 is 6.09 Å². The van der Waals surface area contributed by atoms with E-state index in [-0.39, 0.29) is 18.0 Å². The monoisotopic (exact) mass is 411 g/mol. The minimum atomic E-state index is -3.56. The van der Waals surface area contributed by atoms with Gasteiger partial charge in [-0.3, -0.25) is 15.0 Å². The zero-order valence-electron chi connectivity index (χ0n) is 16.7. The van der Waals surface area contributed by atoms with E-state index in [0.29, 0.717) is 32.1 Å². The van der Waals surface area contributed by atoms with Crippen LogP contribution >= 0.6 is 0 Å². The fraction of sp³-hybridized carbons (Fsp3) is 0.579. The number of hydrogen-bond acceptors (Lipinski definition) is 6. The lowest BCUT2D eigenvalue weighted by Gasteiger charge is -2.33. The zero-order valence-corrected chi connectivity index (χ0v) is 17.5. The summed E-state index contributed by atoms with van der Waals surface area (Å²) in [4.78, 5) is 25.2. The highest BCUT2D eigenvalue weighted by molar-refractivity contribution is 7.89. The van der Waals surface area contributed by atoms with Crippen molar-refractivity contribution < 1.29 is 22.7 Å². The van der Waals surface area contributed by atoms with Gasteiger partial charge in [0.2, 0.25) is 15.9 Å². The van der Waals surface area contributed by atoms with Crippen molar-refractivity contribution in [3.05, 3.63) is 29.8 Å². The molecule has 1 aromatic rings. The van der Waals surface area contributed by atoms with E-state index in [1.165, 1.54) is 4.31 Å². The number of ether oxygens (including phenoxy) is 1. The van der Waals surface area contributed by atoms with Crippen LogP contribution in [0, 0.1) is 0 Å². The first-order chi connectivity index (χ1) is 13.3. The van der Waals surface area contributed by atoms with Crippen molar-refractivity contribution in [3.63, 3.8) is 0 Å². The third-order valence-electron chi connectivity index (χ3n) is 4.91. The molecule has 0 aromatic heterocycles. The molecule has 0 aliphatic carbocycles. The normalized spacial score (nSPS) is 17.1. The van der Waals surface area contributed by atoms with Gasteiger partial charge in [0.15, 0.2) is 0 Å². The third kappa shape index (κ3) is 5.76. The van der Waals surface area contributed by atoms with Gasteiger partial charge in [0.05, 0.1) is 18.0 Å². The topological polar surface area (TPSA) is 96.0 Å². The summed E-state index contributed by atoms with van der Waals surface area (Å²) in [6.45, 7) is 7.50. The molecule has 0 radical (unpaired) electrons. The number of piperazine rings is 1. The number of rotatable bonds is 7. The number of nitrogens with one attached hydrogen (secondary N) is 1. The van der Waals surface area contributed by atoms with E-state index in [1.54, 1.807) is 19.1 Å². The van der Waals surface area contributed by atoms with Gasteiger partial charge in [0.25, 0.3) is 0 Å². The number of sulfonamides is 1. The number of hydrogen-bond donors (Lipinski definition) is 1. The minimum Gasteiger partial charge on any atom is -0.450 e. The summed E-state index contributed by atoms with van der Waals surface area (Å²) in [5.41, 5.74) is 1.12. The molecule has 1 aliphatic rings. The smallest absolute Gasteiger partial charge is 0.413 e. The Morgan fingerprint density at radius 3 is 2.25 bits per heavy atom. The maximum absolute atomic E-state index is 12.9. The summed E-state index contributed by atoms with van der Waals surface area (Å²) in [6, 6.07) is 7.07. The average molecular weight is 412 g/mol. The van der Waals surface area contributed by atoms with Crippen molar-refractivity contribution in [2.24, 2.45) is 0 Å². The number of nitrogens with zero attached hydrogens (tertiary/aromatic N) is 2. The summed E-state index contributed by atoms with van der Waals surface area (Å²) < 4.78 is 31.8. The predicted molar refractivity (Wildman–Crippen MR) is 106 cm³/mol. The summed E-state index contributed by atoms with van der Waals surface area (Å²) in [7, 11) is -3.56. The second-order valence-corrected chi connectivity index (χ2v) is 8.77. The number of alkyl carbamates (subject to hydrolysis) is 1. The highest BCUT2D eigenvalue weighted by atomic mass is 32.2. The van der Waals surface area contributed by atoms with Crippen molar-refractivity contribution in [3.8, 4) is 0 Å². The van der Waals surface area contributed by atoms with Gasteiger partial charge in [-0.05, 0) is 37.0 Å². The van der Waals surface area contributed by atoms with E-state index in [4.69, 9.17) is 0 Å². The van der Waals surface area contributed by atoms with Crippen LogP contribution in [0.4, 0.5) is 4.79 Å². The highest BCUT2D eigenvalue weighted by Gasteiger charge is 2.29. The van der Waals surface area contributed by atoms with Gasteiger partial charge < -0.3 is 4.74 Å². The lowest BCUT2D eigenvalue weighted by molar-refractivity contribution is -0.121. The van der Waals surface area contributed by atoms with E-state index in [2.05, 4.69) is 23.9 Å². The summed E-state index contributed by atoms with van der Waals surface area (Å²) >= 11 is 0. The Morgan fingerprint density at radius 1 is 1.11 bits per heavy atom. The molecule has 156 valence electrons. The molecule has 1 heterocycles. The number of benzene rings is 1. The molecule has 2 rings (SSSR count). The molecule has 1 aliphatic heterocycles. The van der Waals surface area contributed by atoms with E-state index in [0.717, 1.165) is 12.0 Å². The van der Waals surface area contributed by atoms with E-state index in [1.807, 2.05) is 17.0 Å². The molecule has 1 atom stereocenters. The van der Waals surface area contributed by atoms with Crippen LogP contribution in [0.3, 0.4) is 0 Å². The summed E-state index contributed by atoms with van der Waals surface area (Å²) in [5.74, 6) is -0.0727. The Hall–Kier alpha value is -1.97. The predicted octanol–water partition coefficient (Wildman–Crippen LogP) is 1.78. The van der Waals surface area contributed by atoms with Crippen LogP contribution in [0.5, 0.6) is 0 Å². The van der Waals surface area contributed by atoms with Crippen molar-refractivity contribution >= 4 is 22.0 Å². The van der Waals surface area contributed by atoms with Gasteiger partial charge in [-0.2, -0.15) is 4.31 Å².